The van der Waals surface area contributed by atoms with Crippen LogP contribution in [0.2, 0.25) is 0 Å². The maximum absolute atomic E-state index is 6.10. The maximum Gasteiger partial charge on any atom is 0.0235 e. The summed E-state index contributed by atoms with van der Waals surface area (Å²) in [5.74, 6) is 0. The van der Waals surface area contributed by atoms with E-state index in [0.29, 0.717) is 6.04 Å². The fourth-order valence-corrected chi connectivity index (χ4v) is 3.67. The highest BCUT2D eigenvalue weighted by molar-refractivity contribution is 4.89. The highest BCUT2D eigenvalue weighted by Gasteiger charge is 2.32. The smallest absolute Gasteiger partial charge is 0.0235 e. The van der Waals surface area contributed by atoms with Crippen LogP contribution in [0.5, 0.6) is 0 Å². The van der Waals surface area contributed by atoms with Crippen LogP contribution in [0.3, 0.4) is 0 Å². The predicted octanol–water partition coefficient (Wildman–Crippen LogP) is 1.67. The van der Waals surface area contributed by atoms with Crippen molar-refractivity contribution >= 4 is 0 Å². The summed E-state index contributed by atoms with van der Waals surface area (Å²) in [5, 5.41) is 0. The van der Waals surface area contributed by atoms with Gasteiger partial charge in [0, 0.05) is 31.2 Å². The van der Waals surface area contributed by atoms with Gasteiger partial charge in [-0.25, -0.2) is 0 Å². The van der Waals surface area contributed by atoms with E-state index in [1.54, 1.807) is 0 Å². The molecule has 0 amide bonds. The summed E-state index contributed by atoms with van der Waals surface area (Å²) in [4.78, 5) is 5.32. The van der Waals surface area contributed by atoms with Gasteiger partial charge in [-0.2, -0.15) is 0 Å². The molecule has 2 N–H and O–H groups in total. The number of hydrogen-bond acceptors (Lipinski definition) is 3. The molecular weight excluding hydrogens is 210 g/mol. The van der Waals surface area contributed by atoms with Crippen LogP contribution >= 0.6 is 0 Å². The van der Waals surface area contributed by atoms with Crippen LogP contribution in [0.1, 0.15) is 46.0 Å². The molecule has 2 rings (SSSR count). The molecule has 0 aromatic carbocycles. The lowest BCUT2D eigenvalue weighted by atomic mass is 9.91. The van der Waals surface area contributed by atoms with Crippen LogP contribution in [0.15, 0.2) is 0 Å². The van der Waals surface area contributed by atoms with Crippen LogP contribution in [0, 0.1) is 0 Å². The zero-order valence-electron chi connectivity index (χ0n) is 11.6. The van der Waals surface area contributed by atoms with Gasteiger partial charge in [0.1, 0.15) is 0 Å². The lowest BCUT2D eigenvalue weighted by Gasteiger charge is -2.34. The lowest BCUT2D eigenvalue weighted by Crippen LogP contribution is -2.43. The summed E-state index contributed by atoms with van der Waals surface area (Å²) in [6, 6.07) is 2.03. The first kappa shape index (κ1) is 13.3. The van der Waals surface area contributed by atoms with E-state index in [0.717, 1.165) is 12.1 Å². The van der Waals surface area contributed by atoms with E-state index in [2.05, 4.69) is 23.6 Å². The Morgan fingerprint density at radius 3 is 2.59 bits per heavy atom. The molecule has 3 unspecified atom stereocenters. The van der Waals surface area contributed by atoms with Crippen LogP contribution in [0.25, 0.3) is 0 Å². The highest BCUT2D eigenvalue weighted by Crippen LogP contribution is 2.26. The molecule has 1 aliphatic heterocycles. The Bertz CT molecular complexity index is 228. The second kappa shape index (κ2) is 6.17. The molecule has 2 aliphatic rings. The topological polar surface area (TPSA) is 32.5 Å². The molecule has 17 heavy (non-hydrogen) atoms. The van der Waals surface area contributed by atoms with Crippen molar-refractivity contribution in [3.05, 3.63) is 0 Å². The summed E-state index contributed by atoms with van der Waals surface area (Å²) < 4.78 is 0. The molecule has 1 aliphatic carbocycles. The number of likely N-dealkylation sites (N-methyl/N-ethyl adjacent to an activating group) is 1. The van der Waals surface area contributed by atoms with Crippen molar-refractivity contribution in [2.75, 3.05) is 26.2 Å². The maximum atomic E-state index is 6.10. The molecule has 0 spiro atoms. The fraction of sp³-hybridized carbons (Fsp3) is 1.00. The molecule has 0 radical (unpaired) electrons. The third-order valence-corrected chi connectivity index (χ3v) is 4.73. The number of nitrogens with two attached hydrogens (primary N) is 1. The summed E-state index contributed by atoms with van der Waals surface area (Å²) in [6.45, 7) is 9.52. The molecule has 100 valence electrons. The van der Waals surface area contributed by atoms with Crippen molar-refractivity contribution in [1.82, 2.24) is 9.80 Å². The summed E-state index contributed by atoms with van der Waals surface area (Å²) >= 11 is 0. The van der Waals surface area contributed by atoms with Gasteiger partial charge in [0.25, 0.3) is 0 Å². The largest absolute Gasteiger partial charge is 0.328 e. The molecule has 3 heteroatoms. The average Bonchev–Trinajstić information content (AvgIpc) is 2.80. The molecule has 3 atom stereocenters. The Morgan fingerprint density at radius 1 is 1.18 bits per heavy atom. The molecule has 1 heterocycles. The number of rotatable bonds is 4. The number of likely N-dealkylation sites (tertiary alicyclic amines) is 1. The van der Waals surface area contributed by atoms with E-state index in [1.165, 1.54) is 58.3 Å². The van der Waals surface area contributed by atoms with Gasteiger partial charge < -0.3 is 5.73 Å². The van der Waals surface area contributed by atoms with Gasteiger partial charge in [0.2, 0.25) is 0 Å². The normalized spacial score (nSPS) is 35.6. The molecule has 3 nitrogen and oxygen atoms in total. The van der Waals surface area contributed by atoms with Crippen molar-refractivity contribution in [3.63, 3.8) is 0 Å². The van der Waals surface area contributed by atoms with E-state index in [1.807, 2.05) is 0 Å². The van der Waals surface area contributed by atoms with E-state index in [9.17, 15) is 0 Å². The van der Waals surface area contributed by atoms with Gasteiger partial charge in [-0.3, -0.25) is 9.80 Å². The van der Waals surface area contributed by atoms with E-state index in [-0.39, 0.29) is 0 Å². The Balaban J connectivity index is 1.84. The van der Waals surface area contributed by atoms with Gasteiger partial charge in [-0.1, -0.05) is 20.3 Å². The monoisotopic (exact) mass is 239 g/mol. The molecule has 2 fully saturated rings. The standard InChI is InChI=1S/C14H29N3/c1-3-16(4-2)14-8-9-17(11-14)13-7-5-6-12(15)10-13/h12-14H,3-11,15H2,1-2H3. The summed E-state index contributed by atoms with van der Waals surface area (Å²) in [7, 11) is 0. The third kappa shape index (κ3) is 3.21. The fourth-order valence-electron chi connectivity index (χ4n) is 3.67. The van der Waals surface area contributed by atoms with Crippen molar-refractivity contribution < 1.29 is 0 Å². The molecule has 1 saturated carbocycles. The van der Waals surface area contributed by atoms with Gasteiger partial charge in [-0.15, -0.1) is 0 Å². The second-order valence-corrected chi connectivity index (χ2v) is 5.74. The van der Waals surface area contributed by atoms with Crippen LogP contribution in [-0.2, 0) is 0 Å². The van der Waals surface area contributed by atoms with Crippen molar-refractivity contribution in [1.29, 1.82) is 0 Å². The minimum absolute atomic E-state index is 0.459. The van der Waals surface area contributed by atoms with Gasteiger partial charge >= 0.3 is 0 Å². The van der Waals surface area contributed by atoms with Crippen LogP contribution in [0.4, 0.5) is 0 Å². The Kier molecular flexibility index (Phi) is 4.83. The molecule has 1 saturated heterocycles. The lowest BCUT2D eigenvalue weighted by molar-refractivity contribution is 0.155. The van der Waals surface area contributed by atoms with E-state index >= 15 is 0 Å². The number of hydrogen-bond donors (Lipinski definition) is 1. The average molecular weight is 239 g/mol. The first-order valence-electron chi connectivity index (χ1n) is 7.48. The molecule has 0 bridgehead atoms. The van der Waals surface area contributed by atoms with Crippen molar-refractivity contribution in [2.24, 2.45) is 5.73 Å². The molecule has 0 aromatic rings. The minimum Gasteiger partial charge on any atom is -0.328 e. The van der Waals surface area contributed by atoms with Crippen LogP contribution < -0.4 is 5.73 Å². The third-order valence-electron chi connectivity index (χ3n) is 4.73. The van der Waals surface area contributed by atoms with Crippen LogP contribution in [-0.4, -0.2) is 54.1 Å². The minimum atomic E-state index is 0.459. The van der Waals surface area contributed by atoms with E-state index in [4.69, 9.17) is 5.73 Å². The van der Waals surface area contributed by atoms with Gasteiger partial charge in [-0.05, 0) is 38.8 Å². The number of nitrogens with zero attached hydrogens (tertiary/aromatic N) is 2. The van der Waals surface area contributed by atoms with Gasteiger partial charge in [0.05, 0.1) is 0 Å². The van der Waals surface area contributed by atoms with Gasteiger partial charge in [0.15, 0.2) is 0 Å². The zero-order chi connectivity index (χ0) is 12.3. The summed E-state index contributed by atoms with van der Waals surface area (Å²) in [6.07, 6.45) is 6.53. The zero-order valence-corrected chi connectivity index (χ0v) is 11.6. The molecule has 0 aromatic heterocycles. The Labute approximate surface area is 106 Å². The van der Waals surface area contributed by atoms with Crippen molar-refractivity contribution in [3.8, 4) is 0 Å². The Hall–Kier alpha value is -0.120. The van der Waals surface area contributed by atoms with Crippen molar-refractivity contribution in [2.45, 2.75) is 64.1 Å². The van der Waals surface area contributed by atoms with E-state index < -0.39 is 0 Å². The first-order chi connectivity index (χ1) is 8.24. The predicted molar refractivity (Wildman–Crippen MR) is 73.1 cm³/mol. The molecular formula is C14H29N3. The second-order valence-electron chi connectivity index (χ2n) is 5.74. The first-order valence-corrected chi connectivity index (χ1v) is 7.48. The Morgan fingerprint density at radius 2 is 1.94 bits per heavy atom. The highest BCUT2D eigenvalue weighted by atomic mass is 15.3. The quantitative estimate of drug-likeness (QED) is 0.810. The SMILES string of the molecule is CCN(CC)C1CCN(C2CCCC(N)C2)C1. The summed E-state index contributed by atoms with van der Waals surface area (Å²) in [5.41, 5.74) is 6.10.